The summed E-state index contributed by atoms with van der Waals surface area (Å²) in [4.78, 5) is 18.2. The highest BCUT2D eigenvalue weighted by molar-refractivity contribution is 5.96. The predicted octanol–water partition coefficient (Wildman–Crippen LogP) is -1.80. The first-order valence-corrected chi connectivity index (χ1v) is 6.24. The van der Waals surface area contributed by atoms with Crippen molar-refractivity contribution in [2.24, 2.45) is 0 Å². The van der Waals surface area contributed by atoms with Crippen LogP contribution in [0.3, 0.4) is 0 Å². The van der Waals surface area contributed by atoms with Gasteiger partial charge in [0.05, 0.1) is 12.9 Å². The van der Waals surface area contributed by atoms with Crippen molar-refractivity contribution in [1.82, 2.24) is 15.3 Å². The van der Waals surface area contributed by atoms with Crippen molar-refractivity contribution in [3.63, 3.8) is 0 Å². The molecular weight excluding hydrogens is 268 g/mol. The van der Waals surface area contributed by atoms with Crippen LogP contribution in [0.15, 0.2) is 6.33 Å². The quantitative estimate of drug-likeness (QED) is 0.430. The minimum atomic E-state index is -1.08. The third-order valence-electron chi connectivity index (χ3n) is 3.04. The van der Waals surface area contributed by atoms with Crippen molar-refractivity contribution in [2.75, 3.05) is 18.9 Å². The van der Waals surface area contributed by atoms with Crippen LogP contribution in [0.4, 0.5) is 5.82 Å². The van der Waals surface area contributed by atoms with Crippen LogP contribution in [0.25, 0.3) is 0 Å². The average molecular weight is 286 g/mol. The van der Waals surface area contributed by atoms with E-state index in [0.29, 0.717) is 6.61 Å². The maximum atomic E-state index is 11.9. The molecule has 2 rings (SSSR count). The topological polar surface area (TPSA) is 143 Å². The van der Waals surface area contributed by atoms with Gasteiger partial charge < -0.3 is 35.7 Å². The normalized spacial score (nSPS) is 29.6. The Kier molecular flexibility index (Phi) is 4.55. The molecule has 2 heterocycles. The lowest BCUT2D eigenvalue weighted by molar-refractivity contribution is -0.0517. The van der Waals surface area contributed by atoms with Gasteiger partial charge in [-0.05, 0) is 6.92 Å². The number of aliphatic hydroxyl groups is 2. The molecule has 1 aliphatic heterocycles. The number of imidazole rings is 1. The lowest BCUT2D eigenvalue weighted by Crippen LogP contribution is -2.44. The molecule has 6 N–H and O–H groups in total. The number of aromatic amines is 1. The summed E-state index contributed by atoms with van der Waals surface area (Å²) < 4.78 is 10.7. The van der Waals surface area contributed by atoms with Crippen LogP contribution in [-0.2, 0) is 9.47 Å². The number of anilines is 1. The number of hydrogen-bond donors (Lipinski definition) is 5. The van der Waals surface area contributed by atoms with Crippen LogP contribution < -0.4 is 11.1 Å². The number of carbonyl (C=O) groups excluding carboxylic acids is 1. The zero-order chi connectivity index (χ0) is 14.7. The Bertz CT molecular complexity index is 465. The highest BCUT2D eigenvalue weighted by atomic mass is 16.6. The molecule has 1 amide bonds. The van der Waals surface area contributed by atoms with Gasteiger partial charge in [0.2, 0.25) is 0 Å². The lowest BCUT2D eigenvalue weighted by Gasteiger charge is -2.18. The maximum Gasteiger partial charge on any atom is 0.273 e. The van der Waals surface area contributed by atoms with Crippen molar-refractivity contribution >= 4 is 11.7 Å². The van der Waals surface area contributed by atoms with E-state index in [4.69, 9.17) is 15.2 Å². The maximum absolute atomic E-state index is 11.9. The number of carbonyl (C=O) groups is 1. The second-order valence-electron chi connectivity index (χ2n) is 4.32. The lowest BCUT2D eigenvalue weighted by atomic mass is 10.1. The van der Waals surface area contributed by atoms with Crippen molar-refractivity contribution in [2.45, 2.75) is 31.5 Å². The van der Waals surface area contributed by atoms with Crippen LogP contribution in [0.1, 0.15) is 17.4 Å². The van der Waals surface area contributed by atoms with E-state index in [-0.39, 0.29) is 18.1 Å². The molecule has 0 aromatic carbocycles. The van der Waals surface area contributed by atoms with Gasteiger partial charge in [-0.2, -0.15) is 0 Å². The fourth-order valence-electron chi connectivity index (χ4n) is 2.09. The molecule has 4 atom stereocenters. The highest BCUT2D eigenvalue weighted by Gasteiger charge is 2.44. The van der Waals surface area contributed by atoms with Crippen molar-refractivity contribution in [3.8, 4) is 0 Å². The second kappa shape index (κ2) is 6.18. The van der Waals surface area contributed by atoms with E-state index in [1.807, 2.05) is 0 Å². The first kappa shape index (κ1) is 14.7. The predicted molar refractivity (Wildman–Crippen MR) is 67.6 cm³/mol. The Morgan fingerprint density at radius 3 is 3.00 bits per heavy atom. The van der Waals surface area contributed by atoms with Gasteiger partial charge in [0.1, 0.15) is 24.0 Å². The van der Waals surface area contributed by atoms with E-state index >= 15 is 0 Å². The minimum Gasteiger partial charge on any atom is -0.394 e. The van der Waals surface area contributed by atoms with Crippen molar-refractivity contribution < 1.29 is 24.5 Å². The Morgan fingerprint density at radius 1 is 1.70 bits per heavy atom. The number of aromatic nitrogens is 2. The summed E-state index contributed by atoms with van der Waals surface area (Å²) in [7, 11) is 0. The standard InChI is InChI=1S/C11H18N4O5/c1-2-19-8-5(3-16)20-11(7(8)17)15-10(18)6-9(12)14-4-13-6/h4-5,7-8,11,16-17H,2-3,12H2,1H3,(H,13,14)(H,15,18)/t5-,7-,8-,11-/m1/s1. The summed E-state index contributed by atoms with van der Waals surface area (Å²) in [5.74, 6) is -0.507. The number of ether oxygens (including phenoxy) is 2. The van der Waals surface area contributed by atoms with Gasteiger partial charge in [0.15, 0.2) is 12.0 Å². The van der Waals surface area contributed by atoms with Crippen LogP contribution in [0.5, 0.6) is 0 Å². The SMILES string of the molecule is CCO[C@H]1[C@@H](O)[C@H](NC(=O)c2[nH]cnc2N)O[C@@H]1CO. The first-order valence-electron chi connectivity index (χ1n) is 6.24. The monoisotopic (exact) mass is 286 g/mol. The Morgan fingerprint density at radius 2 is 2.45 bits per heavy atom. The minimum absolute atomic E-state index is 0.0510. The summed E-state index contributed by atoms with van der Waals surface area (Å²) in [6.45, 7) is 1.80. The summed E-state index contributed by atoms with van der Waals surface area (Å²) in [6, 6.07) is 0. The molecular formula is C11H18N4O5. The Balaban J connectivity index is 2.03. The molecule has 20 heavy (non-hydrogen) atoms. The summed E-state index contributed by atoms with van der Waals surface area (Å²) in [6.07, 6.45) is -2.18. The Labute approximate surface area is 115 Å². The highest BCUT2D eigenvalue weighted by Crippen LogP contribution is 2.23. The number of H-pyrrole nitrogens is 1. The molecule has 1 aromatic rings. The van der Waals surface area contributed by atoms with Crippen molar-refractivity contribution in [1.29, 1.82) is 0 Å². The van der Waals surface area contributed by atoms with Gasteiger partial charge in [0.25, 0.3) is 5.91 Å². The molecule has 0 saturated carbocycles. The van der Waals surface area contributed by atoms with E-state index in [2.05, 4.69) is 15.3 Å². The number of nitrogens with one attached hydrogen (secondary N) is 2. The molecule has 0 spiro atoms. The van der Waals surface area contributed by atoms with E-state index in [9.17, 15) is 15.0 Å². The number of amides is 1. The van der Waals surface area contributed by atoms with Crippen LogP contribution in [0.2, 0.25) is 0 Å². The van der Waals surface area contributed by atoms with E-state index in [1.54, 1.807) is 6.92 Å². The van der Waals surface area contributed by atoms with Crippen molar-refractivity contribution in [3.05, 3.63) is 12.0 Å². The van der Waals surface area contributed by atoms with Gasteiger partial charge in [-0.15, -0.1) is 0 Å². The van der Waals surface area contributed by atoms with Crippen LogP contribution >= 0.6 is 0 Å². The van der Waals surface area contributed by atoms with Crippen LogP contribution in [-0.4, -0.2) is 63.8 Å². The molecule has 9 heteroatoms. The Hall–Kier alpha value is -1.68. The van der Waals surface area contributed by atoms with Gasteiger partial charge in [0, 0.05) is 6.61 Å². The van der Waals surface area contributed by atoms with Gasteiger partial charge in [-0.25, -0.2) is 4.98 Å². The molecule has 112 valence electrons. The molecule has 0 radical (unpaired) electrons. The van der Waals surface area contributed by atoms with Gasteiger partial charge >= 0.3 is 0 Å². The molecule has 0 aliphatic carbocycles. The number of nitrogens with two attached hydrogens (primary N) is 1. The largest absolute Gasteiger partial charge is 0.394 e. The summed E-state index contributed by atoms with van der Waals surface area (Å²) in [5.41, 5.74) is 5.59. The summed E-state index contributed by atoms with van der Waals surface area (Å²) in [5, 5.41) is 21.7. The zero-order valence-electron chi connectivity index (χ0n) is 10.9. The van der Waals surface area contributed by atoms with E-state index < -0.39 is 30.4 Å². The third kappa shape index (κ3) is 2.75. The third-order valence-corrected chi connectivity index (χ3v) is 3.04. The van der Waals surface area contributed by atoms with Gasteiger partial charge in [-0.3, -0.25) is 4.79 Å². The van der Waals surface area contributed by atoms with Gasteiger partial charge in [-0.1, -0.05) is 0 Å². The van der Waals surface area contributed by atoms with E-state index in [0.717, 1.165) is 0 Å². The molecule has 1 saturated heterocycles. The fraction of sp³-hybridized carbons (Fsp3) is 0.636. The molecule has 0 unspecified atom stereocenters. The second-order valence-corrected chi connectivity index (χ2v) is 4.32. The van der Waals surface area contributed by atoms with E-state index in [1.165, 1.54) is 6.33 Å². The molecule has 1 fully saturated rings. The number of rotatable bonds is 5. The zero-order valence-corrected chi connectivity index (χ0v) is 10.9. The summed E-state index contributed by atoms with van der Waals surface area (Å²) >= 11 is 0. The molecule has 0 bridgehead atoms. The number of nitrogen functional groups attached to an aromatic ring is 1. The number of hydrogen-bond acceptors (Lipinski definition) is 7. The smallest absolute Gasteiger partial charge is 0.273 e. The number of aliphatic hydroxyl groups excluding tert-OH is 2. The first-order chi connectivity index (χ1) is 9.58. The fourth-order valence-corrected chi connectivity index (χ4v) is 2.09. The molecule has 1 aliphatic rings. The molecule has 1 aromatic heterocycles. The molecule has 9 nitrogen and oxygen atoms in total. The number of nitrogens with zero attached hydrogens (tertiary/aromatic N) is 1. The van der Waals surface area contributed by atoms with Crippen LogP contribution in [0, 0.1) is 0 Å². The average Bonchev–Trinajstić information content (AvgIpc) is 2.97.